The van der Waals surface area contributed by atoms with Gasteiger partial charge >= 0.3 is 0 Å². The summed E-state index contributed by atoms with van der Waals surface area (Å²) in [7, 11) is 0. The molecule has 0 saturated carbocycles. The lowest BCUT2D eigenvalue weighted by Gasteiger charge is -2.11. The van der Waals surface area contributed by atoms with Crippen LogP contribution in [0.2, 0.25) is 5.02 Å². The second-order valence-electron chi connectivity index (χ2n) is 5.62. The molecule has 1 amide bonds. The van der Waals surface area contributed by atoms with Crippen molar-refractivity contribution in [2.75, 3.05) is 6.54 Å². The van der Waals surface area contributed by atoms with E-state index >= 15 is 0 Å². The largest absolute Gasteiger partial charge is 0.387 e. The molecule has 0 aliphatic heterocycles. The van der Waals surface area contributed by atoms with Gasteiger partial charge in [-0.1, -0.05) is 23.7 Å². The molecule has 0 aliphatic carbocycles. The molecule has 0 spiro atoms. The Labute approximate surface area is 163 Å². The van der Waals surface area contributed by atoms with Crippen molar-refractivity contribution >= 4 is 34.5 Å². The lowest BCUT2D eigenvalue weighted by atomic mass is 10.1. The standard InChI is InChI=1S/C18H14ClN3O4S/c19-13-5-1-12(2-6-13)18-21-15(10-27-18)17(24)20-9-16(23)11-3-7-14(8-4-11)22(25)26/h1-8,10,16,23H,9H2,(H,20,24)/t16-/m1/s1. The minimum Gasteiger partial charge on any atom is -0.387 e. The van der Waals surface area contributed by atoms with Crippen LogP contribution in [0.3, 0.4) is 0 Å². The van der Waals surface area contributed by atoms with Crippen LogP contribution in [0.4, 0.5) is 5.69 Å². The van der Waals surface area contributed by atoms with Gasteiger partial charge in [0.2, 0.25) is 0 Å². The van der Waals surface area contributed by atoms with Gasteiger partial charge in [-0.2, -0.15) is 0 Å². The minimum absolute atomic E-state index is 0.0373. The molecule has 7 nitrogen and oxygen atoms in total. The van der Waals surface area contributed by atoms with Gasteiger partial charge in [0.1, 0.15) is 10.7 Å². The summed E-state index contributed by atoms with van der Waals surface area (Å²) in [5, 5.41) is 26.3. The molecule has 3 aromatic rings. The second kappa shape index (κ2) is 8.26. The van der Waals surface area contributed by atoms with Crippen molar-refractivity contribution in [1.82, 2.24) is 10.3 Å². The smallest absolute Gasteiger partial charge is 0.270 e. The molecule has 27 heavy (non-hydrogen) atoms. The van der Waals surface area contributed by atoms with Gasteiger partial charge in [0, 0.05) is 34.6 Å². The van der Waals surface area contributed by atoms with E-state index in [0.717, 1.165) is 5.56 Å². The van der Waals surface area contributed by atoms with Crippen LogP contribution in [-0.2, 0) is 0 Å². The molecular formula is C18H14ClN3O4S. The summed E-state index contributed by atoms with van der Waals surface area (Å²) < 4.78 is 0. The first-order valence-corrected chi connectivity index (χ1v) is 9.12. The number of aliphatic hydroxyl groups excluding tert-OH is 1. The fourth-order valence-electron chi connectivity index (χ4n) is 2.32. The number of amides is 1. The summed E-state index contributed by atoms with van der Waals surface area (Å²) >= 11 is 7.19. The van der Waals surface area contributed by atoms with Crippen LogP contribution >= 0.6 is 22.9 Å². The maximum absolute atomic E-state index is 12.2. The monoisotopic (exact) mass is 403 g/mol. The molecule has 0 radical (unpaired) electrons. The van der Waals surface area contributed by atoms with E-state index in [1.54, 1.807) is 17.5 Å². The Morgan fingerprint density at radius 2 is 1.89 bits per heavy atom. The van der Waals surface area contributed by atoms with Crippen molar-refractivity contribution in [3.63, 3.8) is 0 Å². The van der Waals surface area contributed by atoms with Crippen LogP contribution in [0.1, 0.15) is 22.2 Å². The molecule has 0 aliphatic rings. The average molecular weight is 404 g/mol. The molecule has 1 atom stereocenters. The van der Waals surface area contributed by atoms with Gasteiger partial charge in [0.15, 0.2) is 0 Å². The van der Waals surface area contributed by atoms with Gasteiger partial charge in [-0.05, 0) is 29.8 Å². The lowest BCUT2D eigenvalue weighted by Crippen LogP contribution is -2.28. The molecule has 138 valence electrons. The number of rotatable bonds is 6. The summed E-state index contributed by atoms with van der Waals surface area (Å²) in [6.07, 6.45) is -0.982. The summed E-state index contributed by atoms with van der Waals surface area (Å²) in [5.41, 5.74) is 1.52. The zero-order valence-corrected chi connectivity index (χ0v) is 15.4. The number of halogens is 1. The van der Waals surface area contributed by atoms with E-state index in [-0.39, 0.29) is 17.9 Å². The van der Waals surface area contributed by atoms with Crippen LogP contribution in [0, 0.1) is 10.1 Å². The first-order chi connectivity index (χ1) is 12.9. The van der Waals surface area contributed by atoms with E-state index in [9.17, 15) is 20.0 Å². The summed E-state index contributed by atoms with van der Waals surface area (Å²) in [4.78, 5) is 26.7. The van der Waals surface area contributed by atoms with E-state index in [2.05, 4.69) is 10.3 Å². The second-order valence-corrected chi connectivity index (χ2v) is 6.91. The number of non-ortho nitro benzene ring substituents is 1. The number of nitrogens with zero attached hydrogens (tertiary/aromatic N) is 2. The molecule has 1 aromatic heterocycles. The summed E-state index contributed by atoms with van der Waals surface area (Å²) in [6.45, 7) is -0.0373. The van der Waals surface area contributed by atoms with Crippen LogP contribution in [0.15, 0.2) is 53.9 Å². The van der Waals surface area contributed by atoms with Gasteiger partial charge in [-0.3, -0.25) is 14.9 Å². The summed E-state index contributed by atoms with van der Waals surface area (Å²) in [5.74, 6) is -0.410. The Morgan fingerprint density at radius 1 is 1.22 bits per heavy atom. The van der Waals surface area contributed by atoms with Crippen LogP contribution < -0.4 is 5.32 Å². The Morgan fingerprint density at radius 3 is 2.52 bits per heavy atom. The average Bonchev–Trinajstić information content (AvgIpc) is 3.16. The quantitative estimate of drug-likeness (QED) is 0.480. The van der Waals surface area contributed by atoms with E-state index in [4.69, 9.17) is 11.6 Å². The Hall–Kier alpha value is -2.81. The lowest BCUT2D eigenvalue weighted by molar-refractivity contribution is -0.384. The zero-order chi connectivity index (χ0) is 19.4. The van der Waals surface area contributed by atoms with Gasteiger partial charge in [0.25, 0.3) is 11.6 Å². The van der Waals surface area contributed by atoms with Crippen molar-refractivity contribution in [2.24, 2.45) is 0 Å². The highest BCUT2D eigenvalue weighted by molar-refractivity contribution is 7.13. The van der Waals surface area contributed by atoms with Gasteiger partial charge in [-0.15, -0.1) is 11.3 Å². The van der Waals surface area contributed by atoms with Crippen LogP contribution in [-0.4, -0.2) is 27.5 Å². The van der Waals surface area contributed by atoms with E-state index in [1.165, 1.54) is 35.6 Å². The Bertz CT molecular complexity index is 957. The molecule has 0 fully saturated rings. The molecule has 1 heterocycles. The molecule has 2 N–H and O–H groups in total. The van der Waals surface area contributed by atoms with Crippen LogP contribution in [0.5, 0.6) is 0 Å². The number of nitrogens with one attached hydrogen (secondary N) is 1. The molecular weight excluding hydrogens is 390 g/mol. The first-order valence-electron chi connectivity index (χ1n) is 7.86. The highest BCUT2D eigenvalue weighted by Crippen LogP contribution is 2.25. The number of nitro benzene ring substituents is 1. The number of thiazole rings is 1. The number of hydrogen-bond acceptors (Lipinski definition) is 6. The SMILES string of the molecule is O=C(NC[C@@H](O)c1ccc([N+](=O)[O-])cc1)c1csc(-c2ccc(Cl)cc2)n1. The van der Waals surface area contributed by atoms with E-state index in [1.807, 2.05) is 12.1 Å². The normalized spacial score (nSPS) is 11.8. The number of aromatic nitrogens is 1. The van der Waals surface area contributed by atoms with Crippen molar-refractivity contribution in [1.29, 1.82) is 0 Å². The highest BCUT2D eigenvalue weighted by Gasteiger charge is 2.15. The molecule has 2 aromatic carbocycles. The van der Waals surface area contributed by atoms with Crippen molar-refractivity contribution < 1.29 is 14.8 Å². The predicted octanol–water partition coefficient (Wildman–Crippen LogP) is 3.84. The number of carbonyl (C=O) groups excluding carboxylic acids is 1. The third kappa shape index (κ3) is 4.68. The topological polar surface area (TPSA) is 105 Å². The fourth-order valence-corrected chi connectivity index (χ4v) is 3.25. The third-order valence-electron chi connectivity index (χ3n) is 3.77. The van der Waals surface area contributed by atoms with E-state index in [0.29, 0.717) is 15.6 Å². The Balaban J connectivity index is 1.60. The number of aliphatic hydroxyl groups is 1. The molecule has 0 saturated heterocycles. The zero-order valence-electron chi connectivity index (χ0n) is 13.8. The minimum atomic E-state index is -0.982. The predicted molar refractivity (Wildman–Crippen MR) is 103 cm³/mol. The van der Waals surface area contributed by atoms with Crippen molar-refractivity contribution in [2.45, 2.75) is 6.10 Å². The number of nitro groups is 1. The maximum Gasteiger partial charge on any atom is 0.270 e. The fraction of sp³-hybridized carbons (Fsp3) is 0.111. The van der Waals surface area contributed by atoms with Gasteiger partial charge in [0.05, 0.1) is 11.0 Å². The Kier molecular flexibility index (Phi) is 5.80. The van der Waals surface area contributed by atoms with Gasteiger partial charge in [-0.25, -0.2) is 4.98 Å². The molecule has 3 rings (SSSR count). The van der Waals surface area contributed by atoms with Crippen LogP contribution in [0.25, 0.3) is 10.6 Å². The molecule has 0 unspecified atom stereocenters. The van der Waals surface area contributed by atoms with Gasteiger partial charge < -0.3 is 10.4 Å². The molecule has 0 bridgehead atoms. The first kappa shape index (κ1) is 19.0. The molecule has 9 heteroatoms. The summed E-state index contributed by atoms with van der Waals surface area (Å²) in [6, 6.07) is 12.7. The van der Waals surface area contributed by atoms with Crippen molar-refractivity contribution in [3.05, 3.63) is 80.3 Å². The highest BCUT2D eigenvalue weighted by atomic mass is 35.5. The maximum atomic E-state index is 12.2. The number of benzene rings is 2. The number of carbonyl (C=O) groups is 1. The number of hydrogen-bond donors (Lipinski definition) is 2. The third-order valence-corrected chi connectivity index (χ3v) is 4.92. The van der Waals surface area contributed by atoms with Crippen molar-refractivity contribution in [3.8, 4) is 10.6 Å². The van der Waals surface area contributed by atoms with E-state index < -0.39 is 16.9 Å².